The molecule has 0 amide bonds. The molecule has 16 heavy (non-hydrogen) atoms. The van der Waals surface area contributed by atoms with Crippen molar-refractivity contribution in [3.63, 3.8) is 0 Å². The van der Waals surface area contributed by atoms with Crippen LogP contribution in [0, 0.1) is 6.92 Å². The van der Waals surface area contributed by atoms with Crippen molar-refractivity contribution in [3.05, 3.63) is 35.4 Å². The van der Waals surface area contributed by atoms with Gasteiger partial charge in [-0.2, -0.15) is 0 Å². The number of pyridine rings is 1. The Morgan fingerprint density at radius 3 is 2.88 bits per heavy atom. The van der Waals surface area contributed by atoms with Crippen LogP contribution < -0.4 is 0 Å². The van der Waals surface area contributed by atoms with E-state index >= 15 is 0 Å². The van der Waals surface area contributed by atoms with Crippen LogP contribution in [0.3, 0.4) is 0 Å². The molecule has 2 aromatic rings. The summed E-state index contributed by atoms with van der Waals surface area (Å²) in [6.45, 7) is 1.87. The van der Waals surface area contributed by atoms with Crippen LogP contribution in [0.1, 0.15) is 17.1 Å². The Kier molecular flexibility index (Phi) is 2.59. The lowest BCUT2D eigenvalue weighted by atomic mass is 10.1. The molecule has 7 heteroatoms. The van der Waals surface area contributed by atoms with Crippen molar-refractivity contribution in [2.75, 3.05) is 0 Å². The molecule has 2 rings (SSSR count). The number of tetrazole rings is 1. The van der Waals surface area contributed by atoms with Gasteiger partial charge in [0.2, 0.25) is 5.82 Å². The van der Waals surface area contributed by atoms with Gasteiger partial charge in [-0.1, -0.05) is 11.2 Å². The zero-order chi connectivity index (χ0) is 11.5. The molecule has 0 radical (unpaired) electrons. The molecule has 1 N–H and O–H groups in total. The second-order valence-electron chi connectivity index (χ2n) is 3.24. The van der Waals surface area contributed by atoms with Gasteiger partial charge in [-0.05, 0) is 29.0 Å². The number of hydrogen-bond acceptors (Lipinski definition) is 6. The van der Waals surface area contributed by atoms with Crippen LogP contribution in [0.25, 0.3) is 0 Å². The van der Waals surface area contributed by atoms with Crippen molar-refractivity contribution in [2.45, 2.75) is 6.92 Å². The molecule has 82 valence electrons. The van der Waals surface area contributed by atoms with Gasteiger partial charge in [0.1, 0.15) is 0 Å². The molecule has 0 saturated carbocycles. The van der Waals surface area contributed by atoms with Gasteiger partial charge < -0.3 is 5.21 Å². The third kappa shape index (κ3) is 1.62. The van der Waals surface area contributed by atoms with E-state index < -0.39 is 0 Å². The molecule has 0 spiro atoms. The van der Waals surface area contributed by atoms with Gasteiger partial charge in [-0.3, -0.25) is 4.98 Å². The summed E-state index contributed by atoms with van der Waals surface area (Å²) in [5.41, 5.74) is 1.70. The van der Waals surface area contributed by atoms with Gasteiger partial charge in [0.25, 0.3) is 0 Å². The number of nitrogens with zero attached hydrogens (tertiary/aromatic N) is 6. The zero-order valence-electron chi connectivity index (χ0n) is 8.86. The fourth-order valence-corrected chi connectivity index (χ4v) is 1.36. The molecule has 0 aliphatic carbocycles. The fraction of sp³-hybridized carbons (Fsp3) is 0.222. The topological polar surface area (TPSA) is 89.1 Å². The van der Waals surface area contributed by atoms with Crippen LogP contribution in [0.4, 0.5) is 0 Å². The van der Waals surface area contributed by atoms with Crippen molar-refractivity contribution in [1.29, 1.82) is 0 Å². The van der Waals surface area contributed by atoms with Crippen LogP contribution in [0.5, 0.6) is 0 Å². The SMILES string of the molecule is Cc1cccnc1/C(=N\O)c1nnnn1C. The highest BCUT2D eigenvalue weighted by Gasteiger charge is 2.17. The molecule has 2 aromatic heterocycles. The van der Waals surface area contributed by atoms with Gasteiger partial charge in [-0.25, -0.2) is 4.68 Å². The Morgan fingerprint density at radius 1 is 1.50 bits per heavy atom. The molecule has 2 heterocycles. The molecule has 0 aromatic carbocycles. The van der Waals surface area contributed by atoms with Gasteiger partial charge in [0.15, 0.2) is 5.71 Å². The highest BCUT2D eigenvalue weighted by molar-refractivity contribution is 6.09. The summed E-state index contributed by atoms with van der Waals surface area (Å²) in [6.07, 6.45) is 1.62. The lowest BCUT2D eigenvalue weighted by molar-refractivity contribution is 0.319. The summed E-state index contributed by atoms with van der Waals surface area (Å²) in [5, 5.41) is 23.2. The Bertz CT molecular complexity index is 532. The highest BCUT2D eigenvalue weighted by Crippen LogP contribution is 2.09. The van der Waals surface area contributed by atoms with E-state index in [0.717, 1.165) is 5.56 Å². The van der Waals surface area contributed by atoms with Gasteiger partial charge >= 0.3 is 0 Å². The molecule has 0 saturated heterocycles. The Morgan fingerprint density at radius 2 is 2.31 bits per heavy atom. The first kappa shape index (κ1) is 10.2. The van der Waals surface area contributed by atoms with Crippen LogP contribution in [0.15, 0.2) is 23.5 Å². The Hall–Kier alpha value is -2.31. The van der Waals surface area contributed by atoms with E-state index in [1.165, 1.54) is 4.68 Å². The quantitative estimate of drug-likeness (QED) is 0.440. The van der Waals surface area contributed by atoms with Crippen molar-refractivity contribution in [1.82, 2.24) is 25.2 Å². The van der Waals surface area contributed by atoms with E-state index in [0.29, 0.717) is 11.5 Å². The van der Waals surface area contributed by atoms with Crippen molar-refractivity contribution in [3.8, 4) is 0 Å². The van der Waals surface area contributed by atoms with Gasteiger partial charge in [0.05, 0.1) is 5.69 Å². The third-order valence-electron chi connectivity index (χ3n) is 2.17. The lowest BCUT2D eigenvalue weighted by Gasteiger charge is -2.04. The molecular formula is C9H10N6O. The van der Waals surface area contributed by atoms with Crippen LogP contribution in [0.2, 0.25) is 0 Å². The fourth-order valence-electron chi connectivity index (χ4n) is 1.36. The predicted molar refractivity (Wildman–Crippen MR) is 55.2 cm³/mol. The summed E-state index contributed by atoms with van der Waals surface area (Å²) in [5.74, 6) is 0.365. The second kappa shape index (κ2) is 4.05. The van der Waals surface area contributed by atoms with E-state index in [4.69, 9.17) is 5.21 Å². The predicted octanol–water partition coefficient (Wildman–Crippen LogP) is 0.140. The minimum atomic E-state index is 0.255. The Balaban J connectivity index is 2.55. The molecule has 0 fully saturated rings. The molecular weight excluding hydrogens is 208 g/mol. The number of aryl methyl sites for hydroxylation is 2. The first-order valence-corrected chi connectivity index (χ1v) is 4.61. The zero-order valence-corrected chi connectivity index (χ0v) is 8.86. The van der Waals surface area contributed by atoms with Crippen LogP contribution >= 0.6 is 0 Å². The molecule has 0 aliphatic heterocycles. The molecule has 0 aliphatic rings. The van der Waals surface area contributed by atoms with Crippen molar-refractivity contribution < 1.29 is 5.21 Å². The molecule has 0 unspecified atom stereocenters. The normalized spacial score (nSPS) is 11.8. The van der Waals surface area contributed by atoms with E-state index in [2.05, 4.69) is 25.7 Å². The number of aromatic nitrogens is 5. The molecule has 0 atom stereocenters. The Labute approximate surface area is 91.4 Å². The number of hydrogen-bond donors (Lipinski definition) is 1. The molecule has 7 nitrogen and oxygen atoms in total. The molecule has 0 bridgehead atoms. The first-order chi connectivity index (χ1) is 7.74. The second-order valence-corrected chi connectivity index (χ2v) is 3.24. The monoisotopic (exact) mass is 218 g/mol. The van der Waals surface area contributed by atoms with Crippen molar-refractivity contribution in [2.24, 2.45) is 12.2 Å². The third-order valence-corrected chi connectivity index (χ3v) is 2.17. The van der Waals surface area contributed by atoms with Gasteiger partial charge in [0, 0.05) is 13.2 Å². The highest BCUT2D eigenvalue weighted by atomic mass is 16.4. The maximum atomic E-state index is 9.04. The average Bonchev–Trinajstić information content (AvgIpc) is 2.69. The summed E-state index contributed by atoms with van der Waals surface area (Å²) in [7, 11) is 1.67. The van der Waals surface area contributed by atoms with E-state index in [1.54, 1.807) is 13.2 Å². The minimum Gasteiger partial charge on any atom is -0.410 e. The van der Waals surface area contributed by atoms with Gasteiger partial charge in [-0.15, -0.1) is 5.10 Å². The maximum Gasteiger partial charge on any atom is 0.206 e. The summed E-state index contributed by atoms with van der Waals surface area (Å²) in [4.78, 5) is 4.15. The lowest BCUT2D eigenvalue weighted by Crippen LogP contribution is -2.14. The van der Waals surface area contributed by atoms with Crippen molar-refractivity contribution >= 4 is 5.71 Å². The van der Waals surface area contributed by atoms with Crippen LogP contribution in [-0.4, -0.2) is 36.1 Å². The minimum absolute atomic E-state index is 0.255. The summed E-state index contributed by atoms with van der Waals surface area (Å²) in [6, 6.07) is 3.68. The van der Waals surface area contributed by atoms with E-state index in [9.17, 15) is 0 Å². The first-order valence-electron chi connectivity index (χ1n) is 4.61. The maximum absolute atomic E-state index is 9.04. The smallest absolute Gasteiger partial charge is 0.206 e. The van der Waals surface area contributed by atoms with Crippen LogP contribution in [-0.2, 0) is 7.05 Å². The summed E-state index contributed by atoms with van der Waals surface area (Å²) < 4.78 is 1.42. The van der Waals surface area contributed by atoms with E-state index in [1.807, 2.05) is 19.1 Å². The largest absolute Gasteiger partial charge is 0.410 e. The van der Waals surface area contributed by atoms with E-state index in [-0.39, 0.29) is 5.71 Å². The average molecular weight is 218 g/mol. The number of oxime groups is 1. The summed E-state index contributed by atoms with van der Waals surface area (Å²) >= 11 is 0. The number of rotatable bonds is 2. The standard InChI is InChI=1S/C9H10N6O/c1-6-4-3-5-10-7(6)8(12-16)9-11-13-14-15(9)2/h3-5,16H,1-2H3/b12-8+.